The van der Waals surface area contributed by atoms with Crippen LogP contribution in [0.25, 0.3) is 0 Å². The van der Waals surface area contributed by atoms with Crippen molar-refractivity contribution in [2.45, 2.75) is 45.2 Å². The first-order chi connectivity index (χ1) is 10.1. The summed E-state index contributed by atoms with van der Waals surface area (Å²) < 4.78 is 0. The maximum Gasteiger partial charge on any atom is 0.309 e. The third-order valence-electron chi connectivity index (χ3n) is 3.98. The molecule has 2 rings (SSSR count). The van der Waals surface area contributed by atoms with Crippen LogP contribution in [0.1, 0.15) is 38.2 Å². The van der Waals surface area contributed by atoms with Gasteiger partial charge in [0.2, 0.25) is 0 Å². The SMILES string of the molecule is C[C@H]1CCCC[C@@H]1NC(=O)C(=O)NCc1cccc(Cl)c1. The Morgan fingerprint density at radius 2 is 2.00 bits per heavy atom. The van der Waals surface area contributed by atoms with Crippen LogP contribution in [0.4, 0.5) is 0 Å². The van der Waals surface area contributed by atoms with E-state index >= 15 is 0 Å². The summed E-state index contributed by atoms with van der Waals surface area (Å²) in [6.07, 6.45) is 4.37. The van der Waals surface area contributed by atoms with E-state index in [1.165, 1.54) is 6.42 Å². The Balaban J connectivity index is 1.81. The van der Waals surface area contributed by atoms with Gasteiger partial charge in [0.15, 0.2) is 0 Å². The second-order valence-corrected chi connectivity index (χ2v) is 6.09. The van der Waals surface area contributed by atoms with E-state index in [4.69, 9.17) is 11.6 Å². The summed E-state index contributed by atoms with van der Waals surface area (Å²) >= 11 is 5.88. The van der Waals surface area contributed by atoms with Gasteiger partial charge in [-0.1, -0.05) is 43.5 Å². The number of carbonyl (C=O) groups is 2. The van der Waals surface area contributed by atoms with Crippen molar-refractivity contribution in [3.8, 4) is 0 Å². The first-order valence-electron chi connectivity index (χ1n) is 7.39. The lowest BCUT2D eigenvalue weighted by Crippen LogP contribution is -2.47. The normalized spacial score (nSPS) is 21.6. The molecule has 0 saturated heterocycles. The van der Waals surface area contributed by atoms with Crippen LogP contribution in [0.3, 0.4) is 0 Å². The van der Waals surface area contributed by atoms with Gasteiger partial charge < -0.3 is 10.6 Å². The van der Waals surface area contributed by atoms with E-state index in [2.05, 4.69) is 17.6 Å². The second kappa shape index (κ2) is 7.46. The van der Waals surface area contributed by atoms with Gasteiger partial charge in [-0.2, -0.15) is 0 Å². The molecule has 0 spiro atoms. The van der Waals surface area contributed by atoms with Gasteiger partial charge in [0.05, 0.1) is 0 Å². The topological polar surface area (TPSA) is 58.2 Å². The van der Waals surface area contributed by atoms with Gasteiger partial charge >= 0.3 is 11.8 Å². The highest BCUT2D eigenvalue weighted by molar-refractivity contribution is 6.35. The summed E-state index contributed by atoms with van der Waals surface area (Å²) in [4.78, 5) is 23.7. The molecule has 0 aromatic heterocycles. The largest absolute Gasteiger partial charge is 0.345 e. The number of rotatable bonds is 3. The molecule has 1 aromatic rings. The summed E-state index contributed by atoms with van der Waals surface area (Å²) in [5.41, 5.74) is 0.870. The van der Waals surface area contributed by atoms with E-state index in [9.17, 15) is 9.59 Å². The molecule has 2 atom stereocenters. The molecule has 0 unspecified atom stereocenters. The molecule has 1 saturated carbocycles. The first kappa shape index (κ1) is 15.8. The molecule has 0 bridgehead atoms. The third-order valence-corrected chi connectivity index (χ3v) is 4.21. The lowest BCUT2D eigenvalue weighted by atomic mass is 9.86. The predicted molar refractivity (Wildman–Crippen MR) is 82.9 cm³/mol. The van der Waals surface area contributed by atoms with Crippen LogP contribution < -0.4 is 10.6 Å². The van der Waals surface area contributed by atoms with Crippen molar-refractivity contribution in [2.24, 2.45) is 5.92 Å². The van der Waals surface area contributed by atoms with E-state index in [-0.39, 0.29) is 6.04 Å². The monoisotopic (exact) mass is 308 g/mol. The van der Waals surface area contributed by atoms with Crippen molar-refractivity contribution < 1.29 is 9.59 Å². The smallest absolute Gasteiger partial charge is 0.309 e. The number of nitrogens with one attached hydrogen (secondary N) is 2. The number of benzene rings is 1. The minimum Gasteiger partial charge on any atom is -0.345 e. The van der Waals surface area contributed by atoms with Crippen LogP contribution in [-0.2, 0) is 16.1 Å². The Hall–Kier alpha value is -1.55. The number of carbonyl (C=O) groups excluding carboxylic acids is 2. The summed E-state index contributed by atoms with van der Waals surface area (Å²) in [7, 11) is 0. The fourth-order valence-corrected chi connectivity index (χ4v) is 2.89. The van der Waals surface area contributed by atoms with Gasteiger partial charge in [0.1, 0.15) is 0 Å². The number of hydrogen-bond acceptors (Lipinski definition) is 2. The zero-order chi connectivity index (χ0) is 15.2. The molecule has 114 valence electrons. The van der Waals surface area contributed by atoms with E-state index in [1.807, 2.05) is 12.1 Å². The Morgan fingerprint density at radius 1 is 1.24 bits per heavy atom. The molecule has 4 nitrogen and oxygen atoms in total. The van der Waals surface area contributed by atoms with Crippen LogP contribution in [0.5, 0.6) is 0 Å². The molecule has 0 heterocycles. The van der Waals surface area contributed by atoms with Crippen molar-refractivity contribution in [2.75, 3.05) is 0 Å². The lowest BCUT2D eigenvalue weighted by Gasteiger charge is -2.29. The molecule has 0 aliphatic heterocycles. The van der Waals surface area contributed by atoms with E-state index in [0.29, 0.717) is 17.5 Å². The zero-order valence-corrected chi connectivity index (χ0v) is 13.0. The highest BCUT2D eigenvalue weighted by Crippen LogP contribution is 2.23. The molecule has 1 aliphatic rings. The highest BCUT2D eigenvalue weighted by Gasteiger charge is 2.25. The van der Waals surface area contributed by atoms with E-state index < -0.39 is 11.8 Å². The van der Waals surface area contributed by atoms with Gasteiger partial charge in [-0.3, -0.25) is 9.59 Å². The Bertz CT molecular complexity index is 519. The maximum absolute atomic E-state index is 11.9. The molecule has 21 heavy (non-hydrogen) atoms. The summed E-state index contributed by atoms with van der Waals surface area (Å²) in [5.74, 6) is -0.702. The van der Waals surface area contributed by atoms with Gasteiger partial charge in [-0.05, 0) is 36.5 Å². The van der Waals surface area contributed by atoms with Crippen molar-refractivity contribution in [1.29, 1.82) is 0 Å². The molecule has 1 aliphatic carbocycles. The van der Waals surface area contributed by atoms with Crippen LogP contribution in [0, 0.1) is 5.92 Å². The molecule has 5 heteroatoms. The van der Waals surface area contributed by atoms with Gasteiger partial charge in [-0.25, -0.2) is 0 Å². The average molecular weight is 309 g/mol. The molecule has 1 fully saturated rings. The molecule has 1 aromatic carbocycles. The minimum atomic E-state index is -0.590. The van der Waals surface area contributed by atoms with Gasteiger partial charge in [0.25, 0.3) is 0 Å². The van der Waals surface area contributed by atoms with Gasteiger partial charge in [-0.15, -0.1) is 0 Å². The lowest BCUT2D eigenvalue weighted by molar-refractivity contribution is -0.140. The number of hydrogen-bond donors (Lipinski definition) is 2. The zero-order valence-electron chi connectivity index (χ0n) is 12.2. The highest BCUT2D eigenvalue weighted by atomic mass is 35.5. The molecular formula is C16H21ClN2O2. The summed E-state index contributed by atoms with van der Waals surface area (Å²) in [6, 6.07) is 7.32. The van der Waals surface area contributed by atoms with Crippen molar-refractivity contribution in [3.63, 3.8) is 0 Å². The first-order valence-corrected chi connectivity index (χ1v) is 7.77. The van der Waals surface area contributed by atoms with Crippen molar-refractivity contribution >= 4 is 23.4 Å². The van der Waals surface area contributed by atoms with Crippen molar-refractivity contribution in [3.05, 3.63) is 34.9 Å². The summed E-state index contributed by atoms with van der Waals surface area (Å²) in [6.45, 7) is 2.42. The Kier molecular flexibility index (Phi) is 5.62. The summed E-state index contributed by atoms with van der Waals surface area (Å²) in [5, 5.41) is 6.07. The third kappa shape index (κ3) is 4.74. The molecule has 2 amide bonds. The minimum absolute atomic E-state index is 0.114. The van der Waals surface area contributed by atoms with Crippen LogP contribution in [0.2, 0.25) is 5.02 Å². The molecule has 2 N–H and O–H groups in total. The van der Waals surface area contributed by atoms with Crippen LogP contribution >= 0.6 is 11.6 Å². The fourth-order valence-electron chi connectivity index (χ4n) is 2.67. The Morgan fingerprint density at radius 3 is 2.71 bits per heavy atom. The van der Waals surface area contributed by atoms with Crippen LogP contribution in [0.15, 0.2) is 24.3 Å². The Labute approximate surface area is 130 Å². The number of amides is 2. The maximum atomic E-state index is 11.9. The van der Waals surface area contributed by atoms with E-state index in [0.717, 1.165) is 24.8 Å². The quantitative estimate of drug-likeness (QED) is 0.843. The predicted octanol–water partition coefficient (Wildman–Crippen LogP) is 2.65. The average Bonchev–Trinajstić information content (AvgIpc) is 2.47. The molecule has 0 radical (unpaired) electrons. The van der Waals surface area contributed by atoms with Gasteiger partial charge in [0, 0.05) is 17.6 Å². The molecular weight excluding hydrogens is 288 g/mol. The fraction of sp³-hybridized carbons (Fsp3) is 0.500. The number of halogens is 1. The second-order valence-electron chi connectivity index (χ2n) is 5.65. The van der Waals surface area contributed by atoms with Crippen LogP contribution in [-0.4, -0.2) is 17.9 Å². The van der Waals surface area contributed by atoms with Crippen molar-refractivity contribution in [1.82, 2.24) is 10.6 Å². The van der Waals surface area contributed by atoms with E-state index in [1.54, 1.807) is 12.1 Å². The standard InChI is InChI=1S/C16H21ClN2O2/c1-11-5-2-3-8-14(11)19-16(21)15(20)18-10-12-6-4-7-13(17)9-12/h4,6-7,9,11,14H,2-3,5,8,10H2,1H3,(H,18,20)(H,19,21)/t11-,14-/m0/s1.